The molecule has 3 N–H and O–H groups in total. The van der Waals surface area contributed by atoms with Crippen LogP contribution in [0.4, 0.5) is 10.1 Å². The smallest absolute Gasteiger partial charge is 0.253 e. The number of nitrogens with one attached hydrogen (secondary N) is 1. The van der Waals surface area contributed by atoms with Gasteiger partial charge in [0.05, 0.1) is 12.1 Å². The summed E-state index contributed by atoms with van der Waals surface area (Å²) in [7, 11) is 0. The lowest BCUT2D eigenvalue weighted by molar-refractivity contribution is 0.0951. The fourth-order valence-electron chi connectivity index (χ4n) is 1.82. The zero-order valence-corrected chi connectivity index (χ0v) is 11.4. The number of amides is 1. The van der Waals surface area contributed by atoms with Crippen LogP contribution in [0, 0.1) is 5.82 Å². The molecular formula is C14H15FN2OS. The number of aryl methyl sites for hydroxylation is 1. The first-order chi connectivity index (χ1) is 9.11. The normalized spacial score (nSPS) is 10.4. The molecule has 100 valence electrons. The second-order valence-corrected chi connectivity index (χ2v) is 5.14. The molecule has 0 radical (unpaired) electrons. The second-order valence-electron chi connectivity index (χ2n) is 4.14. The third kappa shape index (κ3) is 3.12. The standard InChI is InChI=1S/C14H15FN2OS/c1-2-9-5-6-19-13(9)8-17-14(18)11-7-10(15)3-4-12(11)16/h3-7H,2,8,16H2,1H3,(H,17,18). The van der Waals surface area contributed by atoms with Gasteiger partial charge in [-0.25, -0.2) is 4.39 Å². The number of benzene rings is 1. The van der Waals surface area contributed by atoms with Crippen LogP contribution in [-0.2, 0) is 13.0 Å². The molecule has 0 saturated heterocycles. The molecule has 2 aromatic rings. The van der Waals surface area contributed by atoms with E-state index in [-0.39, 0.29) is 17.2 Å². The second kappa shape index (κ2) is 5.84. The van der Waals surface area contributed by atoms with Crippen molar-refractivity contribution in [2.45, 2.75) is 19.9 Å². The van der Waals surface area contributed by atoms with Gasteiger partial charge in [-0.2, -0.15) is 0 Å². The van der Waals surface area contributed by atoms with Crippen molar-refractivity contribution in [3.63, 3.8) is 0 Å². The van der Waals surface area contributed by atoms with E-state index in [1.54, 1.807) is 11.3 Å². The van der Waals surface area contributed by atoms with Crippen LogP contribution >= 0.6 is 11.3 Å². The van der Waals surface area contributed by atoms with Crippen molar-refractivity contribution < 1.29 is 9.18 Å². The van der Waals surface area contributed by atoms with E-state index >= 15 is 0 Å². The quantitative estimate of drug-likeness (QED) is 0.845. The lowest BCUT2D eigenvalue weighted by Crippen LogP contribution is -2.24. The Kier molecular flexibility index (Phi) is 4.16. The Bertz CT molecular complexity index is 595. The summed E-state index contributed by atoms with van der Waals surface area (Å²) in [5.41, 5.74) is 7.34. The Labute approximate surface area is 115 Å². The van der Waals surface area contributed by atoms with Crippen molar-refractivity contribution in [3.8, 4) is 0 Å². The van der Waals surface area contributed by atoms with Gasteiger partial charge in [0.25, 0.3) is 5.91 Å². The number of anilines is 1. The first-order valence-corrected chi connectivity index (χ1v) is 6.88. The van der Waals surface area contributed by atoms with E-state index in [1.165, 1.54) is 17.7 Å². The third-order valence-electron chi connectivity index (χ3n) is 2.89. The van der Waals surface area contributed by atoms with Crippen molar-refractivity contribution in [1.82, 2.24) is 5.32 Å². The summed E-state index contributed by atoms with van der Waals surface area (Å²) in [6.45, 7) is 2.51. The monoisotopic (exact) mass is 278 g/mol. The summed E-state index contributed by atoms with van der Waals surface area (Å²) in [5.74, 6) is -0.822. The molecule has 0 atom stereocenters. The molecule has 0 saturated carbocycles. The summed E-state index contributed by atoms with van der Waals surface area (Å²) < 4.78 is 13.1. The van der Waals surface area contributed by atoms with Crippen molar-refractivity contribution in [2.75, 3.05) is 5.73 Å². The van der Waals surface area contributed by atoms with E-state index in [2.05, 4.69) is 12.2 Å². The van der Waals surface area contributed by atoms with Crippen LogP contribution in [0.15, 0.2) is 29.6 Å². The average Bonchev–Trinajstić information content (AvgIpc) is 2.86. The van der Waals surface area contributed by atoms with Crippen LogP contribution in [0.2, 0.25) is 0 Å². The number of hydrogen-bond acceptors (Lipinski definition) is 3. The number of thiophene rings is 1. The maximum atomic E-state index is 13.1. The SMILES string of the molecule is CCc1ccsc1CNC(=O)c1cc(F)ccc1N. The van der Waals surface area contributed by atoms with E-state index < -0.39 is 5.82 Å². The van der Waals surface area contributed by atoms with Crippen LogP contribution in [0.25, 0.3) is 0 Å². The molecule has 0 fully saturated rings. The highest BCUT2D eigenvalue weighted by atomic mass is 32.1. The molecule has 0 spiro atoms. The molecule has 3 nitrogen and oxygen atoms in total. The Morgan fingerprint density at radius 3 is 2.95 bits per heavy atom. The van der Waals surface area contributed by atoms with Gasteiger partial charge in [0.1, 0.15) is 5.82 Å². The molecule has 0 bridgehead atoms. The molecule has 19 heavy (non-hydrogen) atoms. The van der Waals surface area contributed by atoms with Crippen LogP contribution in [-0.4, -0.2) is 5.91 Å². The van der Waals surface area contributed by atoms with Gasteiger partial charge in [-0.3, -0.25) is 4.79 Å². The Morgan fingerprint density at radius 1 is 1.42 bits per heavy atom. The number of hydrogen-bond donors (Lipinski definition) is 2. The Hall–Kier alpha value is -1.88. The van der Waals surface area contributed by atoms with E-state index in [4.69, 9.17) is 5.73 Å². The van der Waals surface area contributed by atoms with Gasteiger partial charge in [0, 0.05) is 10.6 Å². The fourth-order valence-corrected chi connectivity index (χ4v) is 2.73. The molecule has 1 amide bonds. The number of rotatable bonds is 4. The van der Waals surface area contributed by atoms with Crippen molar-refractivity contribution in [2.24, 2.45) is 0 Å². The molecule has 1 aromatic heterocycles. The van der Waals surface area contributed by atoms with Crippen molar-refractivity contribution >= 4 is 22.9 Å². The Morgan fingerprint density at radius 2 is 2.21 bits per heavy atom. The molecule has 0 unspecified atom stereocenters. The number of carbonyl (C=O) groups excluding carboxylic acids is 1. The van der Waals surface area contributed by atoms with E-state index in [0.717, 1.165) is 17.4 Å². The first-order valence-electron chi connectivity index (χ1n) is 6.00. The molecule has 5 heteroatoms. The van der Waals surface area contributed by atoms with Crippen molar-refractivity contribution in [1.29, 1.82) is 0 Å². The van der Waals surface area contributed by atoms with Gasteiger partial charge in [0.15, 0.2) is 0 Å². The molecule has 1 aromatic carbocycles. The summed E-state index contributed by atoms with van der Waals surface area (Å²) in [4.78, 5) is 13.1. The zero-order chi connectivity index (χ0) is 13.8. The summed E-state index contributed by atoms with van der Waals surface area (Å²) >= 11 is 1.60. The number of nitrogens with two attached hydrogens (primary N) is 1. The van der Waals surface area contributed by atoms with E-state index in [0.29, 0.717) is 6.54 Å². The molecule has 0 aliphatic rings. The van der Waals surface area contributed by atoms with Crippen LogP contribution in [0.1, 0.15) is 27.7 Å². The third-order valence-corrected chi connectivity index (χ3v) is 3.85. The topological polar surface area (TPSA) is 55.1 Å². The minimum atomic E-state index is -0.468. The van der Waals surface area contributed by atoms with Gasteiger partial charge in [0.2, 0.25) is 0 Å². The fraction of sp³-hybridized carbons (Fsp3) is 0.214. The highest BCUT2D eigenvalue weighted by molar-refractivity contribution is 7.10. The lowest BCUT2D eigenvalue weighted by atomic mass is 10.1. The van der Waals surface area contributed by atoms with Gasteiger partial charge < -0.3 is 11.1 Å². The van der Waals surface area contributed by atoms with E-state index in [9.17, 15) is 9.18 Å². The number of nitrogen functional groups attached to an aromatic ring is 1. The minimum Gasteiger partial charge on any atom is -0.398 e. The van der Waals surface area contributed by atoms with Crippen LogP contribution in [0.3, 0.4) is 0 Å². The van der Waals surface area contributed by atoms with Gasteiger partial charge in [-0.05, 0) is 41.6 Å². The highest BCUT2D eigenvalue weighted by Crippen LogP contribution is 2.18. The van der Waals surface area contributed by atoms with Crippen LogP contribution in [0.5, 0.6) is 0 Å². The largest absolute Gasteiger partial charge is 0.398 e. The zero-order valence-electron chi connectivity index (χ0n) is 10.6. The highest BCUT2D eigenvalue weighted by Gasteiger charge is 2.11. The lowest BCUT2D eigenvalue weighted by Gasteiger charge is -2.07. The molecule has 1 heterocycles. The molecule has 0 aliphatic carbocycles. The maximum Gasteiger partial charge on any atom is 0.253 e. The van der Waals surface area contributed by atoms with Gasteiger partial charge in [-0.15, -0.1) is 11.3 Å². The van der Waals surface area contributed by atoms with Crippen LogP contribution < -0.4 is 11.1 Å². The summed E-state index contributed by atoms with van der Waals surface area (Å²) in [6.07, 6.45) is 0.927. The molecular weight excluding hydrogens is 263 g/mol. The average molecular weight is 278 g/mol. The van der Waals surface area contributed by atoms with Crippen molar-refractivity contribution in [3.05, 3.63) is 51.5 Å². The molecule has 2 rings (SSSR count). The van der Waals surface area contributed by atoms with Gasteiger partial charge in [-0.1, -0.05) is 6.92 Å². The Balaban J connectivity index is 2.07. The predicted molar refractivity (Wildman–Crippen MR) is 75.7 cm³/mol. The predicted octanol–water partition coefficient (Wildman–Crippen LogP) is 2.96. The maximum absolute atomic E-state index is 13.1. The van der Waals surface area contributed by atoms with Gasteiger partial charge >= 0.3 is 0 Å². The first kappa shape index (κ1) is 13.5. The van der Waals surface area contributed by atoms with E-state index in [1.807, 2.05) is 11.4 Å². The number of halogens is 1. The summed E-state index contributed by atoms with van der Waals surface area (Å²) in [6, 6.07) is 5.83. The number of carbonyl (C=O) groups is 1. The minimum absolute atomic E-state index is 0.176. The molecule has 0 aliphatic heterocycles. The summed E-state index contributed by atoms with van der Waals surface area (Å²) in [5, 5.41) is 4.77.